The van der Waals surface area contributed by atoms with Gasteiger partial charge in [-0.2, -0.15) is 5.26 Å². The van der Waals surface area contributed by atoms with Gasteiger partial charge in [0.1, 0.15) is 12.3 Å². The molecule has 0 bridgehead atoms. The molecule has 3 rings (SSSR count). The van der Waals surface area contributed by atoms with E-state index in [9.17, 15) is 4.79 Å². The van der Waals surface area contributed by atoms with Gasteiger partial charge in [0.05, 0.1) is 11.8 Å². The second kappa shape index (κ2) is 9.58. The van der Waals surface area contributed by atoms with E-state index in [-0.39, 0.29) is 30.0 Å². The molecule has 1 heterocycles. The van der Waals surface area contributed by atoms with E-state index in [2.05, 4.69) is 10.2 Å². The summed E-state index contributed by atoms with van der Waals surface area (Å²) in [6.45, 7) is 2.13. The third-order valence-corrected chi connectivity index (χ3v) is 4.55. The van der Waals surface area contributed by atoms with Crippen molar-refractivity contribution in [2.75, 3.05) is 17.2 Å². The van der Waals surface area contributed by atoms with E-state index in [4.69, 9.17) is 14.4 Å². The zero-order chi connectivity index (χ0) is 19.8. The minimum Gasteiger partial charge on any atom is -0.484 e. The number of rotatable bonds is 8. The Balaban J connectivity index is 1.53. The third-order valence-electron chi connectivity index (χ3n) is 3.75. The Hall–Kier alpha value is -3.31. The first-order valence-corrected chi connectivity index (χ1v) is 9.51. The lowest BCUT2D eigenvalue weighted by Crippen LogP contribution is -2.32. The van der Waals surface area contributed by atoms with E-state index in [0.717, 1.165) is 17.3 Å². The Morgan fingerprint density at radius 2 is 1.93 bits per heavy atom. The van der Waals surface area contributed by atoms with Gasteiger partial charge in [-0.1, -0.05) is 47.7 Å². The maximum atomic E-state index is 12.5. The number of aromatic nitrogens is 2. The maximum Gasteiger partial charge on any atom is 0.277 e. The van der Waals surface area contributed by atoms with Crippen LogP contribution in [0.3, 0.4) is 0 Å². The summed E-state index contributed by atoms with van der Waals surface area (Å²) in [5.41, 5.74) is 1.82. The lowest BCUT2D eigenvalue weighted by atomic mass is 10.2. The van der Waals surface area contributed by atoms with E-state index < -0.39 is 0 Å². The molecule has 0 saturated heterocycles. The average molecular weight is 394 g/mol. The molecular weight excluding hydrogens is 376 g/mol. The van der Waals surface area contributed by atoms with Crippen molar-refractivity contribution >= 4 is 23.4 Å². The number of ether oxygens (including phenoxy) is 1. The summed E-state index contributed by atoms with van der Waals surface area (Å²) in [6.07, 6.45) is 0. The van der Waals surface area contributed by atoms with Crippen LogP contribution in [0.15, 0.2) is 64.2 Å². The van der Waals surface area contributed by atoms with Gasteiger partial charge in [-0.15, -0.1) is 10.2 Å². The Morgan fingerprint density at radius 1 is 1.18 bits per heavy atom. The van der Waals surface area contributed by atoms with Crippen LogP contribution in [0, 0.1) is 18.3 Å². The quantitative estimate of drug-likeness (QED) is 0.426. The number of carbonyl (C=O) groups excluding carboxylic acids is 1. The number of thioether (sulfide) groups is 1. The van der Waals surface area contributed by atoms with Gasteiger partial charge in [0.25, 0.3) is 11.1 Å². The van der Waals surface area contributed by atoms with Crippen molar-refractivity contribution < 1.29 is 13.9 Å². The van der Waals surface area contributed by atoms with E-state index in [1.54, 1.807) is 12.1 Å². The van der Waals surface area contributed by atoms with Crippen LogP contribution in [0.4, 0.5) is 5.69 Å². The van der Waals surface area contributed by atoms with Crippen LogP contribution in [0.2, 0.25) is 0 Å². The van der Waals surface area contributed by atoms with Gasteiger partial charge in [0, 0.05) is 5.69 Å². The van der Waals surface area contributed by atoms with Crippen LogP contribution in [0.1, 0.15) is 11.5 Å². The molecule has 0 fully saturated rings. The van der Waals surface area contributed by atoms with Crippen LogP contribution >= 0.6 is 11.8 Å². The second-order valence-electron chi connectivity index (χ2n) is 5.83. The zero-order valence-electron chi connectivity index (χ0n) is 15.2. The summed E-state index contributed by atoms with van der Waals surface area (Å²) in [6, 6.07) is 18.7. The van der Waals surface area contributed by atoms with E-state index in [0.29, 0.717) is 17.3 Å². The van der Waals surface area contributed by atoms with E-state index in [1.165, 1.54) is 4.90 Å². The Bertz CT molecular complexity index is 952. The van der Waals surface area contributed by atoms with Gasteiger partial charge >= 0.3 is 0 Å². The molecule has 0 unspecified atom stereocenters. The molecule has 0 saturated carbocycles. The summed E-state index contributed by atoms with van der Waals surface area (Å²) in [7, 11) is 0. The number of anilines is 1. The summed E-state index contributed by atoms with van der Waals surface area (Å²) in [5, 5.41) is 17.1. The monoisotopic (exact) mass is 394 g/mol. The Kier molecular flexibility index (Phi) is 6.65. The van der Waals surface area contributed by atoms with E-state index in [1.807, 2.05) is 55.5 Å². The summed E-state index contributed by atoms with van der Waals surface area (Å²) >= 11 is 1.13. The Morgan fingerprint density at radius 3 is 2.64 bits per heavy atom. The number of nitrogens with zero attached hydrogens (tertiary/aromatic N) is 4. The summed E-state index contributed by atoms with van der Waals surface area (Å²) < 4.78 is 11.1. The van der Waals surface area contributed by atoms with Crippen molar-refractivity contribution in [3.63, 3.8) is 0 Å². The van der Waals surface area contributed by atoms with Gasteiger partial charge in [0.2, 0.25) is 5.91 Å². The van der Waals surface area contributed by atoms with Crippen molar-refractivity contribution in [3.8, 4) is 11.8 Å². The van der Waals surface area contributed by atoms with Gasteiger partial charge in [0.15, 0.2) is 6.61 Å². The summed E-state index contributed by atoms with van der Waals surface area (Å²) in [5.74, 6) is 0.904. The Labute approximate surface area is 166 Å². The highest BCUT2D eigenvalue weighted by atomic mass is 32.2. The number of para-hydroxylation sites is 1. The molecule has 0 aliphatic heterocycles. The molecule has 1 aromatic heterocycles. The first-order chi connectivity index (χ1) is 13.7. The number of aryl methyl sites for hydroxylation is 1. The maximum absolute atomic E-state index is 12.5. The lowest BCUT2D eigenvalue weighted by Gasteiger charge is -2.18. The average Bonchev–Trinajstić information content (AvgIpc) is 3.18. The number of hydrogen-bond acceptors (Lipinski definition) is 7. The van der Waals surface area contributed by atoms with Gasteiger partial charge in [-0.25, -0.2) is 0 Å². The molecule has 7 nitrogen and oxygen atoms in total. The van der Waals surface area contributed by atoms with Gasteiger partial charge in [-0.05, 0) is 31.2 Å². The molecule has 8 heteroatoms. The van der Waals surface area contributed by atoms with Crippen LogP contribution in [0.5, 0.6) is 5.75 Å². The highest BCUT2D eigenvalue weighted by molar-refractivity contribution is 7.99. The van der Waals surface area contributed by atoms with Gasteiger partial charge in [-0.3, -0.25) is 9.69 Å². The second-order valence-corrected chi connectivity index (χ2v) is 6.75. The highest BCUT2D eigenvalue weighted by Gasteiger charge is 2.17. The van der Waals surface area contributed by atoms with Gasteiger partial charge < -0.3 is 9.15 Å². The third kappa shape index (κ3) is 5.34. The van der Waals surface area contributed by atoms with Crippen molar-refractivity contribution in [1.82, 2.24) is 10.2 Å². The molecule has 0 aliphatic rings. The molecule has 3 aromatic rings. The molecule has 0 aliphatic carbocycles. The minimum absolute atomic E-state index is 0.0249. The number of carbonyl (C=O) groups is 1. The minimum atomic E-state index is -0.214. The predicted molar refractivity (Wildman–Crippen MR) is 105 cm³/mol. The number of benzene rings is 2. The lowest BCUT2D eigenvalue weighted by molar-refractivity contribution is -0.116. The summed E-state index contributed by atoms with van der Waals surface area (Å²) in [4.78, 5) is 13.9. The molecule has 1 amide bonds. The zero-order valence-corrected chi connectivity index (χ0v) is 16.1. The first kappa shape index (κ1) is 19.5. The molecule has 2 aromatic carbocycles. The molecule has 0 radical (unpaired) electrons. The van der Waals surface area contributed by atoms with Crippen LogP contribution < -0.4 is 9.64 Å². The van der Waals surface area contributed by atoms with Crippen LogP contribution in [-0.4, -0.2) is 28.4 Å². The first-order valence-electron chi connectivity index (χ1n) is 8.52. The molecule has 28 heavy (non-hydrogen) atoms. The van der Waals surface area contributed by atoms with Crippen molar-refractivity contribution in [3.05, 3.63) is 66.1 Å². The molecular formula is C20H18N4O3S. The van der Waals surface area contributed by atoms with Crippen LogP contribution in [0.25, 0.3) is 0 Å². The number of hydrogen-bond donors (Lipinski definition) is 0. The molecule has 142 valence electrons. The SMILES string of the molecule is Cc1ccc(OCc2nnc(SCC(=O)N(CC#N)c3ccccc3)o2)cc1. The fraction of sp³-hybridized carbons (Fsp3) is 0.200. The van der Waals surface area contributed by atoms with Crippen molar-refractivity contribution in [2.45, 2.75) is 18.8 Å². The smallest absolute Gasteiger partial charge is 0.277 e. The normalized spacial score (nSPS) is 10.3. The fourth-order valence-corrected chi connectivity index (χ4v) is 2.99. The molecule has 0 N–H and O–H groups in total. The number of nitriles is 1. The van der Waals surface area contributed by atoms with Crippen LogP contribution in [-0.2, 0) is 11.4 Å². The highest BCUT2D eigenvalue weighted by Crippen LogP contribution is 2.20. The number of amides is 1. The largest absolute Gasteiger partial charge is 0.484 e. The standard InChI is InChI=1S/C20H18N4O3S/c1-15-7-9-17(10-8-15)26-13-18-22-23-20(27-18)28-14-19(25)24(12-11-21)16-5-3-2-4-6-16/h2-10H,12-14H2,1H3. The van der Waals surface area contributed by atoms with Crippen molar-refractivity contribution in [1.29, 1.82) is 5.26 Å². The fourth-order valence-electron chi connectivity index (χ4n) is 2.34. The van der Waals surface area contributed by atoms with E-state index >= 15 is 0 Å². The van der Waals surface area contributed by atoms with Crippen molar-refractivity contribution in [2.24, 2.45) is 0 Å². The predicted octanol–water partition coefficient (Wildman–Crippen LogP) is 3.61. The topological polar surface area (TPSA) is 92.3 Å². The molecule has 0 spiro atoms. The molecule has 0 atom stereocenters.